The lowest BCUT2D eigenvalue weighted by atomic mass is 10.1. The molecule has 0 bridgehead atoms. The minimum atomic E-state index is -5.08. The van der Waals surface area contributed by atoms with Gasteiger partial charge in [-0.3, -0.25) is 5.10 Å². The summed E-state index contributed by atoms with van der Waals surface area (Å²) < 4.78 is 50.3. The number of amides is 1. The second-order valence-electron chi connectivity index (χ2n) is 7.45. The van der Waals surface area contributed by atoms with Gasteiger partial charge in [0.1, 0.15) is 5.82 Å². The standard InChI is InChI=1S/C19H21FN6O2.C2HF3O2/c1-2-28-19(27)26-8-6-14(7-9-26)22-18-21-11-15-16(24-25-17(15)23-18)12-4-3-5-13(20)10-12;3-2(4,5)1(6)7/h3-5,10-11,14H,2,6-9H2,1H3,(H2,21,22,23,24,25);(H,6,7). The lowest BCUT2D eigenvalue weighted by Crippen LogP contribution is -2.42. The van der Waals surface area contributed by atoms with Crippen molar-refractivity contribution < 1.29 is 37.0 Å². The zero-order valence-electron chi connectivity index (χ0n) is 18.5. The van der Waals surface area contributed by atoms with Gasteiger partial charge in [0.05, 0.1) is 17.7 Å². The Morgan fingerprint density at radius 3 is 2.57 bits per heavy atom. The van der Waals surface area contributed by atoms with Crippen LogP contribution in [-0.4, -0.2) is 74.1 Å². The number of aromatic amines is 1. The molecule has 0 radical (unpaired) electrons. The number of benzene rings is 1. The molecule has 1 saturated heterocycles. The lowest BCUT2D eigenvalue weighted by Gasteiger charge is -2.31. The summed E-state index contributed by atoms with van der Waals surface area (Å²) in [5.41, 5.74) is 1.89. The molecule has 14 heteroatoms. The van der Waals surface area contributed by atoms with Gasteiger partial charge in [0.2, 0.25) is 5.95 Å². The number of nitrogens with one attached hydrogen (secondary N) is 2. The second-order valence-corrected chi connectivity index (χ2v) is 7.45. The molecule has 1 amide bonds. The van der Waals surface area contributed by atoms with Crippen molar-refractivity contribution in [2.24, 2.45) is 0 Å². The number of carbonyl (C=O) groups is 2. The molecule has 3 N–H and O–H groups in total. The van der Waals surface area contributed by atoms with E-state index in [1.54, 1.807) is 30.2 Å². The maximum atomic E-state index is 13.5. The van der Waals surface area contributed by atoms with Gasteiger partial charge in [-0.15, -0.1) is 0 Å². The van der Waals surface area contributed by atoms with Crippen LogP contribution in [0.5, 0.6) is 0 Å². The number of halogens is 4. The number of anilines is 1. The first-order chi connectivity index (χ1) is 16.6. The molecule has 1 aromatic carbocycles. The molecular weight excluding hydrogens is 476 g/mol. The summed E-state index contributed by atoms with van der Waals surface area (Å²) in [6.07, 6.45) is -2.09. The fraction of sp³-hybridized carbons (Fsp3) is 0.381. The van der Waals surface area contributed by atoms with E-state index in [-0.39, 0.29) is 18.0 Å². The molecule has 2 aromatic heterocycles. The Hall–Kier alpha value is -3.97. The van der Waals surface area contributed by atoms with E-state index in [2.05, 4.69) is 25.5 Å². The van der Waals surface area contributed by atoms with Crippen molar-refractivity contribution >= 4 is 29.0 Å². The first kappa shape index (κ1) is 25.6. The van der Waals surface area contributed by atoms with Crippen LogP contribution in [0, 0.1) is 5.82 Å². The Morgan fingerprint density at radius 1 is 1.29 bits per heavy atom. The SMILES string of the molecule is CCOC(=O)N1CCC(Nc2ncc3c(-c4cccc(F)c4)[nH]nc3n2)CC1.O=C(O)C(F)(F)F. The third-order valence-corrected chi connectivity index (χ3v) is 5.02. The van der Waals surface area contributed by atoms with Crippen LogP contribution >= 0.6 is 0 Å². The predicted octanol–water partition coefficient (Wildman–Crippen LogP) is 3.83. The summed E-state index contributed by atoms with van der Waals surface area (Å²) in [6, 6.07) is 6.46. The van der Waals surface area contributed by atoms with Crippen molar-refractivity contribution in [2.75, 3.05) is 25.0 Å². The molecular formula is C21H22F4N6O4. The summed E-state index contributed by atoms with van der Waals surface area (Å²) in [4.78, 5) is 31.2. The molecule has 0 saturated carbocycles. The number of piperidine rings is 1. The molecule has 1 aliphatic rings. The van der Waals surface area contributed by atoms with Crippen LogP contribution in [0.4, 0.5) is 28.3 Å². The van der Waals surface area contributed by atoms with Gasteiger partial charge in [-0.1, -0.05) is 12.1 Å². The average molecular weight is 498 g/mol. The number of likely N-dealkylation sites (tertiary alicyclic amines) is 1. The van der Waals surface area contributed by atoms with Crippen LogP contribution in [0.15, 0.2) is 30.5 Å². The molecule has 188 valence electrons. The Bertz CT molecular complexity index is 1180. The minimum absolute atomic E-state index is 0.171. The number of alkyl halides is 3. The van der Waals surface area contributed by atoms with Crippen LogP contribution < -0.4 is 5.32 Å². The number of hydrogen-bond donors (Lipinski definition) is 3. The van der Waals surface area contributed by atoms with E-state index in [4.69, 9.17) is 14.6 Å². The first-order valence-electron chi connectivity index (χ1n) is 10.5. The van der Waals surface area contributed by atoms with E-state index < -0.39 is 12.1 Å². The highest BCUT2D eigenvalue weighted by molar-refractivity contribution is 5.90. The van der Waals surface area contributed by atoms with Gasteiger partial charge < -0.3 is 20.1 Å². The van der Waals surface area contributed by atoms with Gasteiger partial charge in [-0.2, -0.15) is 23.3 Å². The summed E-state index contributed by atoms with van der Waals surface area (Å²) in [5.74, 6) is -2.58. The van der Waals surface area contributed by atoms with Gasteiger partial charge in [0.25, 0.3) is 0 Å². The fourth-order valence-electron chi connectivity index (χ4n) is 3.34. The van der Waals surface area contributed by atoms with Crippen LogP contribution in [-0.2, 0) is 9.53 Å². The van der Waals surface area contributed by atoms with Gasteiger partial charge in [0, 0.05) is 30.9 Å². The van der Waals surface area contributed by atoms with Crippen LogP contribution in [0.1, 0.15) is 19.8 Å². The monoisotopic (exact) mass is 498 g/mol. The van der Waals surface area contributed by atoms with Crippen LogP contribution in [0.25, 0.3) is 22.3 Å². The van der Waals surface area contributed by atoms with E-state index in [9.17, 15) is 22.4 Å². The Balaban J connectivity index is 0.000000429. The zero-order valence-corrected chi connectivity index (χ0v) is 18.5. The Morgan fingerprint density at radius 2 is 1.97 bits per heavy atom. The topological polar surface area (TPSA) is 133 Å². The molecule has 10 nitrogen and oxygen atoms in total. The maximum absolute atomic E-state index is 13.5. The van der Waals surface area contributed by atoms with Gasteiger partial charge in [0.15, 0.2) is 5.65 Å². The molecule has 0 spiro atoms. The van der Waals surface area contributed by atoms with Gasteiger partial charge >= 0.3 is 18.2 Å². The number of carboxylic acid groups (broad SMARTS) is 1. The summed E-state index contributed by atoms with van der Waals surface area (Å²) in [7, 11) is 0. The number of ether oxygens (including phenoxy) is 1. The normalized spacial score (nSPS) is 14.3. The lowest BCUT2D eigenvalue weighted by molar-refractivity contribution is -0.192. The molecule has 3 heterocycles. The summed E-state index contributed by atoms with van der Waals surface area (Å²) in [6.45, 7) is 3.44. The van der Waals surface area contributed by atoms with Gasteiger partial charge in [-0.25, -0.2) is 19.0 Å². The molecule has 0 unspecified atom stereocenters. The van der Waals surface area contributed by atoms with Crippen molar-refractivity contribution in [3.05, 3.63) is 36.3 Å². The van der Waals surface area contributed by atoms with Crippen molar-refractivity contribution in [3.63, 3.8) is 0 Å². The number of nitrogens with zero attached hydrogens (tertiary/aromatic N) is 4. The molecule has 0 atom stereocenters. The average Bonchev–Trinajstić information content (AvgIpc) is 3.23. The van der Waals surface area contributed by atoms with Crippen molar-refractivity contribution in [2.45, 2.75) is 32.0 Å². The third-order valence-electron chi connectivity index (χ3n) is 5.02. The zero-order chi connectivity index (χ0) is 25.6. The minimum Gasteiger partial charge on any atom is -0.475 e. The third kappa shape index (κ3) is 6.77. The molecule has 4 rings (SSSR count). The number of hydrogen-bond acceptors (Lipinski definition) is 7. The number of fused-ring (bicyclic) bond motifs is 1. The number of carboxylic acids is 1. The number of aliphatic carboxylic acids is 1. The Labute approximate surface area is 196 Å². The molecule has 35 heavy (non-hydrogen) atoms. The Kier molecular flexibility index (Phi) is 8.04. The first-order valence-corrected chi connectivity index (χ1v) is 10.5. The second kappa shape index (κ2) is 11.0. The summed E-state index contributed by atoms with van der Waals surface area (Å²) >= 11 is 0. The van der Waals surface area contributed by atoms with Crippen molar-refractivity contribution in [1.82, 2.24) is 25.1 Å². The van der Waals surface area contributed by atoms with E-state index in [0.29, 0.717) is 42.5 Å². The van der Waals surface area contributed by atoms with Crippen LogP contribution in [0.3, 0.4) is 0 Å². The van der Waals surface area contributed by atoms with E-state index in [1.807, 2.05) is 0 Å². The molecule has 0 aliphatic carbocycles. The smallest absolute Gasteiger partial charge is 0.475 e. The highest BCUT2D eigenvalue weighted by Crippen LogP contribution is 2.26. The highest BCUT2D eigenvalue weighted by atomic mass is 19.4. The largest absolute Gasteiger partial charge is 0.490 e. The van der Waals surface area contributed by atoms with Crippen molar-refractivity contribution in [1.29, 1.82) is 0 Å². The van der Waals surface area contributed by atoms with E-state index in [0.717, 1.165) is 18.2 Å². The number of H-pyrrole nitrogens is 1. The maximum Gasteiger partial charge on any atom is 0.490 e. The molecule has 1 aliphatic heterocycles. The highest BCUT2D eigenvalue weighted by Gasteiger charge is 2.38. The predicted molar refractivity (Wildman–Crippen MR) is 116 cm³/mol. The summed E-state index contributed by atoms with van der Waals surface area (Å²) in [5, 5.41) is 18.3. The molecule has 1 fully saturated rings. The van der Waals surface area contributed by atoms with E-state index >= 15 is 0 Å². The number of carbonyl (C=O) groups excluding carboxylic acids is 1. The fourth-order valence-corrected chi connectivity index (χ4v) is 3.34. The number of rotatable bonds is 4. The van der Waals surface area contributed by atoms with Crippen LogP contribution in [0.2, 0.25) is 0 Å². The quantitative estimate of drug-likeness (QED) is 0.463. The van der Waals surface area contributed by atoms with Gasteiger partial charge in [-0.05, 0) is 31.9 Å². The van der Waals surface area contributed by atoms with Crippen molar-refractivity contribution in [3.8, 4) is 11.3 Å². The number of aromatic nitrogens is 4. The molecule has 3 aromatic rings. The van der Waals surface area contributed by atoms with E-state index in [1.165, 1.54) is 12.1 Å².